The predicted molar refractivity (Wildman–Crippen MR) is 55.4 cm³/mol. The number of hydrogen-bond acceptors (Lipinski definition) is 4. The van der Waals surface area contributed by atoms with Gasteiger partial charge in [0, 0.05) is 12.7 Å². The van der Waals surface area contributed by atoms with E-state index in [4.69, 9.17) is 5.11 Å². The van der Waals surface area contributed by atoms with Crippen molar-refractivity contribution < 1.29 is 14.7 Å². The largest absolute Gasteiger partial charge is 0.481 e. The number of fused-ring (bicyclic) bond motifs is 1. The summed E-state index contributed by atoms with van der Waals surface area (Å²) < 4.78 is 0. The Labute approximate surface area is 91.9 Å². The molecular weight excluding hydrogens is 220 g/mol. The van der Waals surface area contributed by atoms with Crippen LogP contribution in [0.4, 0.5) is 5.82 Å². The first-order valence-electron chi connectivity index (χ1n) is 4.16. The van der Waals surface area contributed by atoms with Gasteiger partial charge in [-0.15, -0.1) is 12.4 Å². The molecule has 0 bridgehead atoms. The van der Waals surface area contributed by atoms with Gasteiger partial charge < -0.3 is 10.4 Å². The maximum Gasteiger partial charge on any atom is 0.316 e. The standard InChI is InChI=1S/C9H8N2O3.ClH/c12-7-5-2-1-3-10-8(5)11-4-6(7)9(13)14;/h1-3,6H,4H2,(H,10,11)(H,13,14);1H. The Balaban J connectivity index is 0.00000112. The molecule has 1 aromatic rings. The van der Waals surface area contributed by atoms with Crippen LogP contribution in [-0.4, -0.2) is 28.4 Å². The summed E-state index contributed by atoms with van der Waals surface area (Å²) in [5.41, 5.74) is 0.353. The van der Waals surface area contributed by atoms with E-state index < -0.39 is 11.9 Å². The average Bonchev–Trinajstić information content (AvgIpc) is 2.18. The van der Waals surface area contributed by atoms with Crippen molar-refractivity contribution in [1.82, 2.24) is 4.98 Å². The Morgan fingerprint density at radius 2 is 2.33 bits per heavy atom. The second kappa shape index (κ2) is 4.27. The summed E-state index contributed by atoms with van der Waals surface area (Å²) in [5.74, 6) is -2.00. The molecule has 1 aliphatic heterocycles. The SMILES string of the molecule is Cl.O=C(O)C1CNc2ncccc2C1=O. The highest BCUT2D eigenvalue weighted by Gasteiger charge is 2.32. The van der Waals surface area contributed by atoms with Crippen molar-refractivity contribution in [3.8, 4) is 0 Å². The first-order chi connectivity index (χ1) is 6.70. The molecule has 1 aromatic heterocycles. The molecule has 0 amide bonds. The van der Waals surface area contributed by atoms with Crippen LogP contribution in [0.1, 0.15) is 10.4 Å². The highest BCUT2D eigenvalue weighted by atomic mass is 35.5. The molecule has 0 saturated carbocycles. The molecule has 1 aliphatic rings. The van der Waals surface area contributed by atoms with Crippen molar-refractivity contribution in [1.29, 1.82) is 0 Å². The minimum absolute atomic E-state index is 0. The fourth-order valence-electron chi connectivity index (χ4n) is 1.42. The van der Waals surface area contributed by atoms with Crippen molar-refractivity contribution in [2.45, 2.75) is 0 Å². The third-order valence-electron chi connectivity index (χ3n) is 2.16. The number of aromatic nitrogens is 1. The minimum atomic E-state index is -1.10. The summed E-state index contributed by atoms with van der Waals surface area (Å²) >= 11 is 0. The van der Waals surface area contributed by atoms with E-state index in [1.165, 1.54) is 0 Å². The van der Waals surface area contributed by atoms with Gasteiger partial charge >= 0.3 is 5.97 Å². The molecule has 80 valence electrons. The molecular formula is C9H9ClN2O3. The molecule has 2 rings (SSSR count). The Morgan fingerprint density at radius 1 is 1.60 bits per heavy atom. The van der Waals surface area contributed by atoms with Crippen molar-refractivity contribution in [3.05, 3.63) is 23.9 Å². The molecule has 0 saturated heterocycles. The highest BCUT2D eigenvalue weighted by Crippen LogP contribution is 2.21. The lowest BCUT2D eigenvalue weighted by Crippen LogP contribution is -2.35. The van der Waals surface area contributed by atoms with Gasteiger partial charge in [0.05, 0.1) is 5.56 Å². The summed E-state index contributed by atoms with van der Waals surface area (Å²) in [6.07, 6.45) is 1.56. The second-order valence-electron chi connectivity index (χ2n) is 3.04. The Hall–Kier alpha value is -1.62. The van der Waals surface area contributed by atoms with Gasteiger partial charge in [-0.05, 0) is 12.1 Å². The molecule has 0 aliphatic carbocycles. The van der Waals surface area contributed by atoms with Crippen LogP contribution in [0.25, 0.3) is 0 Å². The first-order valence-corrected chi connectivity index (χ1v) is 4.16. The Kier molecular flexibility index (Phi) is 3.26. The number of Topliss-reactive ketones (excluding diaryl/α,β-unsaturated/α-hetero) is 1. The summed E-state index contributed by atoms with van der Waals surface area (Å²) in [4.78, 5) is 26.2. The molecule has 0 fully saturated rings. The molecule has 15 heavy (non-hydrogen) atoms. The Bertz CT molecular complexity index is 408. The number of carbonyl (C=O) groups excluding carboxylic acids is 1. The van der Waals surface area contributed by atoms with Gasteiger partial charge in [-0.1, -0.05) is 0 Å². The van der Waals surface area contributed by atoms with E-state index in [0.29, 0.717) is 11.4 Å². The average molecular weight is 229 g/mol. The van der Waals surface area contributed by atoms with Gasteiger partial charge in [0.1, 0.15) is 11.7 Å². The van der Waals surface area contributed by atoms with Crippen molar-refractivity contribution in [2.75, 3.05) is 11.9 Å². The molecule has 6 heteroatoms. The number of pyridine rings is 1. The molecule has 0 radical (unpaired) electrons. The van der Waals surface area contributed by atoms with E-state index >= 15 is 0 Å². The number of carboxylic acids is 1. The summed E-state index contributed by atoms with van der Waals surface area (Å²) in [6.45, 7) is 0.109. The fraction of sp³-hybridized carbons (Fsp3) is 0.222. The smallest absolute Gasteiger partial charge is 0.316 e. The zero-order chi connectivity index (χ0) is 10.1. The maximum absolute atomic E-state index is 11.6. The number of carboxylic acid groups (broad SMARTS) is 1. The van der Waals surface area contributed by atoms with E-state index in [9.17, 15) is 9.59 Å². The third kappa shape index (κ3) is 1.92. The van der Waals surface area contributed by atoms with Crippen molar-refractivity contribution in [3.63, 3.8) is 0 Å². The molecule has 1 atom stereocenters. The number of anilines is 1. The monoisotopic (exact) mass is 228 g/mol. The Morgan fingerprint density at radius 3 is 3.00 bits per heavy atom. The topological polar surface area (TPSA) is 79.3 Å². The molecule has 0 aromatic carbocycles. The molecule has 5 nitrogen and oxygen atoms in total. The van der Waals surface area contributed by atoms with Crippen LogP contribution in [0.15, 0.2) is 18.3 Å². The minimum Gasteiger partial charge on any atom is -0.481 e. The number of nitrogens with one attached hydrogen (secondary N) is 1. The van der Waals surface area contributed by atoms with E-state index in [-0.39, 0.29) is 24.7 Å². The van der Waals surface area contributed by atoms with Crippen LogP contribution in [-0.2, 0) is 4.79 Å². The third-order valence-corrected chi connectivity index (χ3v) is 2.16. The van der Waals surface area contributed by atoms with E-state index in [1.54, 1.807) is 18.3 Å². The molecule has 1 unspecified atom stereocenters. The lowest BCUT2D eigenvalue weighted by Gasteiger charge is -2.20. The van der Waals surface area contributed by atoms with Crippen LogP contribution >= 0.6 is 12.4 Å². The first kappa shape index (κ1) is 11.5. The number of carbonyl (C=O) groups is 2. The highest BCUT2D eigenvalue weighted by molar-refractivity contribution is 6.12. The van der Waals surface area contributed by atoms with E-state index in [0.717, 1.165) is 0 Å². The zero-order valence-corrected chi connectivity index (χ0v) is 8.45. The maximum atomic E-state index is 11.6. The van der Waals surface area contributed by atoms with Gasteiger partial charge in [0.2, 0.25) is 0 Å². The second-order valence-corrected chi connectivity index (χ2v) is 3.04. The van der Waals surface area contributed by atoms with Crippen LogP contribution in [0, 0.1) is 5.92 Å². The van der Waals surface area contributed by atoms with Gasteiger partial charge in [-0.25, -0.2) is 4.98 Å². The van der Waals surface area contributed by atoms with E-state index in [1.807, 2.05) is 0 Å². The van der Waals surface area contributed by atoms with Gasteiger partial charge in [-0.2, -0.15) is 0 Å². The van der Waals surface area contributed by atoms with Gasteiger partial charge in [-0.3, -0.25) is 9.59 Å². The lowest BCUT2D eigenvalue weighted by molar-refractivity contribution is -0.139. The number of aliphatic carboxylic acids is 1. The lowest BCUT2D eigenvalue weighted by atomic mass is 9.95. The van der Waals surface area contributed by atoms with Crippen LogP contribution in [0.3, 0.4) is 0 Å². The predicted octanol–water partition coefficient (Wildman–Crippen LogP) is 0.812. The quantitative estimate of drug-likeness (QED) is 0.696. The van der Waals surface area contributed by atoms with Crippen molar-refractivity contribution >= 4 is 30.0 Å². The molecule has 0 spiro atoms. The number of halogens is 1. The normalized spacial score (nSPS) is 18.4. The number of hydrogen-bond donors (Lipinski definition) is 2. The summed E-state index contributed by atoms with van der Waals surface area (Å²) in [5, 5.41) is 11.6. The van der Waals surface area contributed by atoms with Gasteiger partial charge in [0.25, 0.3) is 0 Å². The summed E-state index contributed by atoms with van der Waals surface area (Å²) in [6, 6.07) is 3.19. The number of ketones is 1. The van der Waals surface area contributed by atoms with Crippen LogP contribution in [0.5, 0.6) is 0 Å². The molecule has 2 N–H and O–H groups in total. The number of rotatable bonds is 1. The number of nitrogens with zero attached hydrogens (tertiary/aromatic N) is 1. The van der Waals surface area contributed by atoms with Gasteiger partial charge in [0.15, 0.2) is 5.78 Å². The summed E-state index contributed by atoms with van der Waals surface area (Å²) in [7, 11) is 0. The molecule has 2 heterocycles. The fourth-order valence-corrected chi connectivity index (χ4v) is 1.42. The van der Waals surface area contributed by atoms with Crippen LogP contribution in [0.2, 0.25) is 0 Å². The zero-order valence-electron chi connectivity index (χ0n) is 7.64. The van der Waals surface area contributed by atoms with Crippen molar-refractivity contribution in [2.24, 2.45) is 5.92 Å². The van der Waals surface area contributed by atoms with E-state index in [2.05, 4.69) is 10.3 Å². The van der Waals surface area contributed by atoms with Crippen LogP contribution < -0.4 is 5.32 Å².